The number of carbonyl (C=O) groups excluding carboxylic acids is 1. The number of benzene rings is 2. The molecule has 2 aromatic carbocycles. The van der Waals surface area contributed by atoms with Gasteiger partial charge in [-0.25, -0.2) is 0 Å². The van der Waals surface area contributed by atoms with E-state index in [0.717, 1.165) is 30.6 Å². The van der Waals surface area contributed by atoms with Gasteiger partial charge in [0.1, 0.15) is 5.75 Å². The van der Waals surface area contributed by atoms with Crippen molar-refractivity contribution in [2.45, 2.75) is 39.2 Å². The third-order valence-electron chi connectivity index (χ3n) is 3.81. The van der Waals surface area contributed by atoms with Crippen molar-refractivity contribution in [3.63, 3.8) is 0 Å². The molecule has 0 saturated carbocycles. The molecule has 0 unspecified atom stereocenters. The van der Waals surface area contributed by atoms with Gasteiger partial charge in [0.15, 0.2) is 6.10 Å². The zero-order valence-electron chi connectivity index (χ0n) is 13.9. The van der Waals surface area contributed by atoms with Crippen LogP contribution in [0, 0.1) is 0 Å². The fraction of sp³-hybridized carbons (Fsp3) is 0.350. The topological polar surface area (TPSA) is 38.3 Å². The molecule has 3 nitrogen and oxygen atoms in total. The molecule has 0 saturated heterocycles. The van der Waals surface area contributed by atoms with Crippen LogP contribution >= 0.6 is 0 Å². The Kier molecular flexibility index (Phi) is 6.67. The molecule has 1 atom stereocenters. The Hall–Kier alpha value is -2.29. The third-order valence-corrected chi connectivity index (χ3v) is 3.81. The fourth-order valence-electron chi connectivity index (χ4n) is 2.45. The van der Waals surface area contributed by atoms with E-state index in [1.165, 1.54) is 5.56 Å². The molecule has 0 aromatic heterocycles. The molecule has 122 valence electrons. The number of carbonyl (C=O) groups is 1. The van der Waals surface area contributed by atoms with E-state index < -0.39 is 6.10 Å². The van der Waals surface area contributed by atoms with E-state index in [-0.39, 0.29) is 5.91 Å². The predicted octanol–water partition coefficient (Wildman–Crippen LogP) is 3.77. The summed E-state index contributed by atoms with van der Waals surface area (Å²) in [6.45, 7) is 4.53. The van der Waals surface area contributed by atoms with Crippen molar-refractivity contribution in [1.82, 2.24) is 5.32 Å². The molecule has 0 aliphatic carbocycles. The Morgan fingerprint density at radius 3 is 2.52 bits per heavy atom. The monoisotopic (exact) mass is 311 g/mol. The Labute approximate surface area is 138 Å². The summed E-state index contributed by atoms with van der Waals surface area (Å²) in [5.41, 5.74) is 2.42. The van der Waals surface area contributed by atoms with Crippen LogP contribution in [0.3, 0.4) is 0 Å². The van der Waals surface area contributed by atoms with E-state index in [2.05, 4.69) is 24.4 Å². The molecule has 0 aliphatic heterocycles. The third kappa shape index (κ3) is 5.44. The van der Waals surface area contributed by atoms with E-state index in [9.17, 15) is 4.79 Å². The maximum atomic E-state index is 12.1. The lowest BCUT2D eigenvalue weighted by Gasteiger charge is -2.16. The van der Waals surface area contributed by atoms with E-state index in [0.29, 0.717) is 6.54 Å². The van der Waals surface area contributed by atoms with Gasteiger partial charge in [0.05, 0.1) is 0 Å². The van der Waals surface area contributed by atoms with E-state index in [1.807, 2.05) is 42.5 Å². The second-order valence-corrected chi connectivity index (χ2v) is 5.60. The molecule has 3 heteroatoms. The molecule has 2 aromatic rings. The maximum Gasteiger partial charge on any atom is 0.260 e. The highest BCUT2D eigenvalue weighted by Crippen LogP contribution is 2.19. The Bertz CT molecular complexity index is 610. The van der Waals surface area contributed by atoms with Gasteiger partial charge in [0, 0.05) is 6.54 Å². The van der Waals surface area contributed by atoms with Gasteiger partial charge in [-0.3, -0.25) is 4.79 Å². The first-order valence-corrected chi connectivity index (χ1v) is 8.27. The first kappa shape index (κ1) is 17.1. The summed E-state index contributed by atoms with van der Waals surface area (Å²) < 4.78 is 5.80. The molecule has 2 rings (SSSR count). The first-order valence-electron chi connectivity index (χ1n) is 8.27. The van der Waals surface area contributed by atoms with Gasteiger partial charge in [-0.2, -0.15) is 0 Å². The van der Waals surface area contributed by atoms with Crippen LogP contribution in [-0.2, 0) is 17.6 Å². The Morgan fingerprint density at radius 1 is 1.09 bits per heavy atom. The summed E-state index contributed by atoms with van der Waals surface area (Å²) >= 11 is 0. The quantitative estimate of drug-likeness (QED) is 0.754. The standard InChI is InChI=1S/C20H25NO2/c1-3-18-13-7-8-14-19(18)23-16(2)20(22)21-15-9-12-17-10-5-4-6-11-17/h4-8,10-11,13-14,16H,3,9,12,15H2,1-2H3,(H,21,22)/t16-/m1/s1. The summed E-state index contributed by atoms with van der Waals surface area (Å²) in [4.78, 5) is 12.1. The van der Waals surface area contributed by atoms with Crippen LogP contribution in [0.15, 0.2) is 54.6 Å². The van der Waals surface area contributed by atoms with Gasteiger partial charge in [0.25, 0.3) is 5.91 Å². The van der Waals surface area contributed by atoms with Crippen LogP contribution in [0.2, 0.25) is 0 Å². The van der Waals surface area contributed by atoms with Crippen molar-refractivity contribution in [1.29, 1.82) is 0 Å². The van der Waals surface area contributed by atoms with Gasteiger partial charge in [-0.15, -0.1) is 0 Å². The Morgan fingerprint density at radius 2 is 1.78 bits per heavy atom. The lowest BCUT2D eigenvalue weighted by atomic mass is 10.1. The molecule has 1 N–H and O–H groups in total. The number of aryl methyl sites for hydroxylation is 2. The molecule has 23 heavy (non-hydrogen) atoms. The molecule has 0 heterocycles. The van der Waals surface area contributed by atoms with Gasteiger partial charge in [-0.1, -0.05) is 55.5 Å². The second-order valence-electron chi connectivity index (χ2n) is 5.60. The molecule has 1 amide bonds. The molecular weight excluding hydrogens is 286 g/mol. The summed E-state index contributed by atoms with van der Waals surface area (Å²) in [5, 5.41) is 2.95. The zero-order chi connectivity index (χ0) is 16.5. The highest BCUT2D eigenvalue weighted by Gasteiger charge is 2.15. The first-order chi connectivity index (χ1) is 11.2. The summed E-state index contributed by atoms with van der Waals surface area (Å²) in [5.74, 6) is 0.728. The molecule has 0 spiro atoms. The number of nitrogens with one attached hydrogen (secondary N) is 1. The van der Waals surface area contributed by atoms with Gasteiger partial charge < -0.3 is 10.1 Å². The van der Waals surface area contributed by atoms with E-state index >= 15 is 0 Å². The fourth-order valence-corrected chi connectivity index (χ4v) is 2.45. The minimum atomic E-state index is -0.487. The van der Waals surface area contributed by atoms with Gasteiger partial charge in [-0.05, 0) is 43.4 Å². The molecule has 0 radical (unpaired) electrons. The lowest BCUT2D eigenvalue weighted by Crippen LogP contribution is -2.37. The van der Waals surface area contributed by atoms with Crippen LogP contribution in [0.25, 0.3) is 0 Å². The van der Waals surface area contributed by atoms with Crippen molar-refractivity contribution < 1.29 is 9.53 Å². The predicted molar refractivity (Wildman–Crippen MR) is 93.7 cm³/mol. The minimum absolute atomic E-state index is 0.0658. The molecular formula is C20H25NO2. The van der Waals surface area contributed by atoms with Crippen molar-refractivity contribution in [3.8, 4) is 5.75 Å². The number of rotatable bonds is 8. The van der Waals surface area contributed by atoms with Crippen LogP contribution in [0.1, 0.15) is 31.4 Å². The number of para-hydroxylation sites is 1. The van der Waals surface area contributed by atoms with Crippen LogP contribution in [-0.4, -0.2) is 18.6 Å². The normalized spacial score (nSPS) is 11.7. The largest absolute Gasteiger partial charge is 0.481 e. The van der Waals surface area contributed by atoms with Crippen molar-refractivity contribution in [2.75, 3.05) is 6.54 Å². The molecule has 0 bridgehead atoms. The Balaban J connectivity index is 1.74. The van der Waals surface area contributed by atoms with Crippen LogP contribution < -0.4 is 10.1 Å². The second kappa shape index (κ2) is 8.99. The zero-order valence-corrected chi connectivity index (χ0v) is 13.9. The van der Waals surface area contributed by atoms with Crippen molar-refractivity contribution in [3.05, 3.63) is 65.7 Å². The smallest absolute Gasteiger partial charge is 0.260 e. The highest BCUT2D eigenvalue weighted by molar-refractivity contribution is 5.80. The highest BCUT2D eigenvalue weighted by atomic mass is 16.5. The van der Waals surface area contributed by atoms with Crippen LogP contribution in [0.4, 0.5) is 0 Å². The van der Waals surface area contributed by atoms with Gasteiger partial charge >= 0.3 is 0 Å². The summed E-state index contributed by atoms with van der Waals surface area (Å²) in [6.07, 6.45) is 2.30. The SMILES string of the molecule is CCc1ccccc1O[C@H](C)C(=O)NCCCc1ccccc1. The van der Waals surface area contributed by atoms with Gasteiger partial charge in [0.2, 0.25) is 0 Å². The van der Waals surface area contributed by atoms with Crippen molar-refractivity contribution in [2.24, 2.45) is 0 Å². The molecule has 0 aliphatic rings. The van der Waals surface area contributed by atoms with E-state index in [4.69, 9.17) is 4.74 Å². The van der Waals surface area contributed by atoms with E-state index in [1.54, 1.807) is 6.92 Å². The average Bonchev–Trinajstić information content (AvgIpc) is 2.60. The molecule has 0 fully saturated rings. The number of hydrogen-bond donors (Lipinski definition) is 1. The minimum Gasteiger partial charge on any atom is -0.481 e. The average molecular weight is 311 g/mol. The number of ether oxygens (including phenoxy) is 1. The number of hydrogen-bond acceptors (Lipinski definition) is 2. The van der Waals surface area contributed by atoms with Crippen molar-refractivity contribution >= 4 is 5.91 Å². The maximum absolute atomic E-state index is 12.1. The summed E-state index contributed by atoms with van der Waals surface area (Å²) in [6, 6.07) is 18.2. The number of amides is 1. The lowest BCUT2D eigenvalue weighted by molar-refractivity contribution is -0.127. The summed E-state index contributed by atoms with van der Waals surface area (Å²) in [7, 11) is 0. The van der Waals surface area contributed by atoms with Crippen LogP contribution in [0.5, 0.6) is 5.75 Å².